The zero-order valence-corrected chi connectivity index (χ0v) is 21.0. The Morgan fingerprint density at radius 2 is 1.63 bits per heavy atom. The Balaban J connectivity index is 1.45. The number of carbonyl (C=O) groups excluding carboxylic acids is 1. The topological polar surface area (TPSA) is 17.1 Å². The Morgan fingerprint density at radius 1 is 0.900 bits per heavy atom. The fourth-order valence-electron chi connectivity index (χ4n) is 9.71. The zero-order chi connectivity index (χ0) is 21.7. The van der Waals surface area contributed by atoms with E-state index in [1.807, 2.05) is 0 Å². The summed E-state index contributed by atoms with van der Waals surface area (Å²) < 4.78 is 0. The Bertz CT molecular complexity index is 622. The fraction of sp³-hybridized carbons (Fsp3) is 0.966. The van der Waals surface area contributed by atoms with Gasteiger partial charge in [-0.1, -0.05) is 54.4 Å². The standard InChI is InChI=1S/C29H50O/c1-7-21(19(2)3)9-8-20(4)25-12-13-26-24-11-10-22-18-23(30)14-16-28(22,5)27(24)15-17-29(25,26)6/h19-22,24-27H,7-18H2,1-6H3/t20-,21-,22-,24+,25-,26?,27?,28+,29-/m1/s1. The highest BCUT2D eigenvalue weighted by Crippen LogP contribution is 2.68. The quantitative estimate of drug-likeness (QED) is 0.427. The van der Waals surface area contributed by atoms with Gasteiger partial charge in [0.15, 0.2) is 0 Å². The van der Waals surface area contributed by atoms with E-state index in [1.165, 1.54) is 64.2 Å². The fourth-order valence-corrected chi connectivity index (χ4v) is 9.71. The average Bonchev–Trinajstić information content (AvgIpc) is 3.06. The lowest BCUT2D eigenvalue weighted by atomic mass is 9.44. The van der Waals surface area contributed by atoms with Crippen LogP contribution in [0.25, 0.3) is 0 Å². The van der Waals surface area contributed by atoms with Crippen molar-refractivity contribution in [2.45, 2.75) is 119 Å². The van der Waals surface area contributed by atoms with E-state index in [-0.39, 0.29) is 0 Å². The molecule has 0 aromatic heterocycles. The summed E-state index contributed by atoms with van der Waals surface area (Å²) in [6.45, 7) is 15.1. The second kappa shape index (κ2) is 8.55. The summed E-state index contributed by atoms with van der Waals surface area (Å²) in [4.78, 5) is 12.1. The minimum Gasteiger partial charge on any atom is -0.300 e. The normalized spacial score (nSPS) is 45.6. The van der Waals surface area contributed by atoms with Gasteiger partial charge in [0, 0.05) is 12.8 Å². The third-order valence-corrected chi connectivity index (χ3v) is 11.7. The SMILES string of the molecule is CC[C@H](CC[C@@H](C)[C@H]1CCC2[C@@H]3CC[C@@H]4CC(=O)CC[C@]4(C)C3CC[C@@]21C)C(C)C. The Hall–Kier alpha value is -0.330. The molecule has 0 aromatic carbocycles. The number of hydrogen-bond acceptors (Lipinski definition) is 1. The number of carbonyl (C=O) groups is 1. The van der Waals surface area contributed by atoms with Crippen LogP contribution in [0.1, 0.15) is 119 Å². The predicted molar refractivity (Wildman–Crippen MR) is 127 cm³/mol. The second-order valence-corrected chi connectivity index (χ2v) is 13.1. The van der Waals surface area contributed by atoms with Crippen molar-refractivity contribution >= 4 is 5.78 Å². The largest absolute Gasteiger partial charge is 0.300 e. The molecular formula is C29H50O. The van der Waals surface area contributed by atoms with E-state index in [1.54, 1.807) is 0 Å². The number of hydrogen-bond donors (Lipinski definition) is 0. The van der Waals surface area contributed by atoms with E-state index >= 15 is 0 Å². The molecule has 9 atom stereocenters. The van der Waals surface area contributed by atoms with Crippen LogP contribution in [0.15, 0.2) is 0 Å². The summed E-state index contributed by atoms with van der Waals surface area (Å²) >= 11 is 0. The van der Waals surface area contributed by atoms with Crippen LogP contribution < -0.4 is 0 Å². The van der Waals surface area contributed by atoms with Crippen LogP contribution in [0.3, 0.4) is 0 Å². The van der Waals surface area contributed by atoms with Gasteiger partial charge in [0.25, 0.3) is 0 Å². The molecule has 2 unspecified atom stereocenters. The van der Waals surface area contributed by atoms with E-state index < -0.39 is 0 Å². The lowest BCUT2D eigenvalue weighted by Crippen LogP contribution is -2.53. The van der Waals surface area contributed by atoms with E-state index in [0.29, 0.717) is 22.5 Å². The zero-order valence-electron chi connectivity index (χ0n) is 21.0. The molecule has 0 heterocycles. The first kappa shape index (κ1) is 22.8. The van der Waals surface area contributed by atoms with E-state index in [9.17, 15) is 4.79 Å². The van der Waals surface area contributed by atoms with Crippen molar-refractivity contribution in [2.24, 2.45) is 58.2 Å². The molecule has 0 aromatic rings. The van der Waals surface area contributed by atoms with Crippen molar-refractivity contribution in [1.29, 1.82) is 0 Å². The van der Waals surface area contributed by atoms with Gasteiger partial charge in [-0.2, -0.15) is 0 Å². The molecule has 0 saturated heterocycles. The highest BCUT2D eigenvalue weighted by atomic mass is 16.1. The van der Waals surface area contributed by atoms with Crippen molar-refractivity contribution < 1.29 is 4.79 Å². The number of rotatable bonds is 6. The van der Waals surface area contributed by atoms with Crippen molar-refractivity contribution in [3.8, 4) is 0 Å². The Kier molecular flexibility index (Phi) is 6.51. The van der Waals surface area contributed by atoms with Gasteiger partial charge >= 0.3 is 0 Å². The molecule has 172 valence electrons. The maximum Gasteiger partial charge on any atom is 0.133 e. The lowest BCUT2D eigenvalue weighted by molar-refractivity contribution is -0.140. The van der Waals surface area contributed by atoms with Gasteiger partial charge < -0.3 is 0 Å². The Labute approximate surface area is 187 Å². The molecule has 4 saturated carbocycles. The maximum absolute atomic E-state index is 12.1. The molecule has 0 spiro atoms. The maximum atomic E-state index is 12.1. The van der Waals surface area contributed by atoms with Crippen LogP contribution in [0, 0.1) is 58.2 Å². The summed E-state index contributed by atoms with van der Waals surface area (Å²) in [7, 11) is 0. The summed E-state index contributed by atoms with van der Waals surface area (Å²) in [6.07, 6.45) is 15.8. The van der Waals surface area contributed by atoms with Gasteiger partial charge in [0.05, 0.1) is 0 Å². The van der Waals surface area contributed by atoms with E-state index in [0.717, 1.165) is 54.3 Å². The van der Waals surface area contributed by atoms with Crippen molar-refractivity contribution in [1.82, 2.24) is 0 Å². The van der Waals surface area contributed by atoms with Gasteiger partial charge in [-0.3, -0.25) is 4.79 Å². The summed E-state index contributed by atoms with van der Waals surface area (Å²) in [6, 6.07) is 0. The van der Waals surface area contributed by atoms with Crippen molar-refractivity contribution in [3.05, 3.63) is 0 Å². The number of ketones is 1. The minimum absolute atomic E-state index is 0.466. The van der Waals surface area contributed by atoms with Crippen LogP contribution in [0.5, 0.6) is 0 Å². The van der Waals surface area contributed by atoms with Crippen LogP contribution >= 0.6 is 0 Å². The molecule has 0 radical (unpaired) electrons. The predicted octanol–water partition coefficient (Wildman–Crippen LogP) is 8.31. The first-order chi connectivity index (χ1) is 14.2. The first-order valence-electron chi connectivity index (χ1n) is 13.7. The van der Waals surface area contributed by atoms with Crippen LogP contribution in [0.4, 0.5) is 0 Å². The van der Waals surface area contributed by atoms with Crippen LogP contribution in [-0.4, -0.2) is 5.78 Å². The van der Waals surface area contributed by atoms with Crippen LogP contribution in [0.2, 0.25) is 0 Å². The summed E-state index contributed by atoms with van der Waals surface area (Å²) in [5.41, 5.74) is 1.06. The molecule has 0 bridgehead atoms. The molecule has 1 nitrogen and oxygen atoms in total. The summed E-state index contributed by atoms with van der Waals surface area (Å²) in [5.74, 6) is 7.67. The molecule has 0 N–H and O–H groups in total. The van der Waals surface area contributed by atoms with Gasteiger partial charge in [0.1, 0.15) is 5.78 Å². The van der Waals surface area contributed by atoms with E-state index in [2.05, 4.69) is 41.5 Å². The molecule has 4 fully saturated rings. The van der Waals surface area contributed by atoms with Crippen molar-refractivity contribution in [3.63, 3.8) is 0 Å². The van der Waals surface area contributed by atoms with Gasteiger partial charge in [-0.05, 0) is 110 Å². The van der Waals surface area contributed by atoms with Gasteiger partial charge in [-0.25, -0.2) is 0 Å². The van der Waals surface area contributed by atoms with Crippen LogP contribution in [-0.2, 0) is 4.79 Å². The highest BCUT2D eigenvalue weighted by molar-refractivity contribution is 5.79. The average molecular weight is 415 g/mol. The Morgan fingerprint density at radius 3 is 2.33 bits per heavy atom. The van der Waals surface area contributed by atoms with E-state index in [4.69, 9.17) is 0 Å². The number of fused-ring (bicyclic) bond motifs is 5. The molecule has 4 rings (SSSR count). The minimum atomic E-state index is 0.466. The molecular weight excluding hydrogens is 364 g/mol. The number of Topliss-reactive ketones (excluding diaryl/α,β-unsaturated/α-hetero) is 1. The molecule has 4 aliphatic rings. The summed E-state index contributed by atoms with van der Waals surface area (Å²) in [5, 5.41) is 0. The molecule has 1 heteroatoms. The third-order valence-electron chi connectivity index (χ3n) is 11.7. The molecule has 30 heavy (non-hydrogen) atoms. The molecule has 0 aliphatic heterocycles. The lowest BCUT2D eigenvalue weighted by Gasteiger charge is -2.60. The first-order valence-corrected chi connectivity index (χ1v) is 13.7. The second-order valence-electron chi connectivity index (χ2n) is 13.1. The third kappa shape index (κ3) is 3.73. The molecule has 0 amide bonds. The van der Waals surface area contributed by atoms with Gasteiger partial charge in [0.2, 0.25) is 0 Å². The van der Waals surface area contributed by atoms with Gasteiger partial charge in [-0.15, -0.1) is 0 Å². The highest BCUT2D eigenvalue weighted by Gasteiger charge is 2.60. The smallest absolute Gasteiger partial charge is 0.133 e. The van der Waals surface area contributed by atoms with Crippen molar-refractivity contribution in [2.75, 3.05) is 0 Å². The molecule has 4 aliphatic carbocycles. The monoisotopic (exact) mass is 414 g/mol.